The minimum absolute atomic E-state index is 0.0547. The standard InChI is InChI=1S/C17H24N2O3S/c1-11(2)19(14-7-8-14)17(20)16-10-15(9-4-12(16)3)23(21,22)18-13-5-6-13/h4,9-11,13-14,18H,5-8H2,1-3H3. The number of nitrogens with one attached hydrogen (secondary N) is 1. The lowest BCUT2D eigenvalue weighted by atomic mass is 10.1. The van der Waals surface area contributed by atoms with E-state index in [4.69, 9.17) is 0 Å². The first kappa shape index (κ1) is 16.5. The Morgan fingerprint density at radius 1 is 1.22 bits per heavy atom. The predicted octanol–water partition coefficient (Wildman–Crippen LogP) is 2.45. The molecule has 3 rings (SSSR count). The second-order valence-electron chi connectivity index (χ2n) is 6.91. The number of carbonyl (C=O) groups is 1. The van der Waals surface area contributed by atoms with Crippen molar-refractivity contribution in [3.8, 4) is 0 Å². The van der Waals surface area contributed by atoms with E-state index in [2.05, 4.69) is 4.72 Å². The van der Waals surface area contributed by atoms with Gasteiger partial charge in [-0.25, -0.2) is 13.1 Å². The van der Waals surface area contributed by atoms with E-state index in [9.17, 15) is 13.2 Å². The summed E-state index contributed by atoms with van der Waals surface area (Å²) in [5, 5.41) is 0. The van der Waals surface area contributed by atoms with Crippen LogP contribution in [0.4, 0.5) is 0 Å². The molecular weight excluding hydrogens is 312 g/mol. The van der Waals surface area contributed by atoms with Crippen LogP contribution in [-0.2, 0) is 10.0 Å². The number of hydrogen-bond acceptors (Lipinski definition) is 3. The van der Waals surface area contributed by atoms with Crippen LogP contribution in [0.3, 0.4) is 0 Å². The summed E-state index contributed by atoms with van der Waals surface area (Å²) < 4.78 is 27.4. The van der Waals surface area contributed by atoms with Gasteiger partial charge in [-0.3, -0.25) is 4.79 Å². The van der Waals surface area contributed by atoms with Crippen LogP contribution >= 0.6 is 0 Å². The zero-order valence-electron chi connectivity index (χ0n) is 13.9. The van der Waals surface area contributed by atoms with Gasteiger partial charge in [0.2, 0.25) is 10.0 Å². The number of benzene rings is 1. The van der Waals surface area contributed by atoms with Crippen molar-refractivity contribution in [2.75, 3.05) is 0 Å². The molecule has 2 aliphatic carbocycles. The first-order valence-electron chi connectivity index (χ1n) is 8.25. The second kappa shape index (κ2) is 5.91. The zero-order chi connectivity index (χ0) is 16.8. The fourth-order valence-electron chi connectivity index (χ4n) is 2.80. The lowest BCUT2D eigenvalue weighted by molar-refractivity contribution is 0.0689. The van der Waals surface area contributed by atoms with Crippen molar-refractivity contribution in [2.24, 2.45) is 0 Å². The Morgan fingerprint density at radius 2 is 1.87 bits per heavy atom. The first-order chi connectivity index (χ1) is 10.8. The van der Waals surface area contributed by atoms with E-state index in [0.29, 0.717) is 11.6 Å². The summed E-state index contributed by atoms with van der Waals surface area (Å²) in [6.45, 7) is 5.85. The van der Waals surface area contributed by atoms with Gasteiger partial charge in [0.15, 0.2) is 0 Å². The van der Waals surface area contributed by atoms with Crippen molar-refractivity contribution in [1.29, 1.82) is 0 Å². The van der Waals surface area contributed by atoms with E-state index in [0.717, 1.165) is 31.2 Å². The van der Waals surface area contributed by atoms with Crippen molar-refractivity contribution >= 4 is 15.9 Å². The molecular formula is C17H24N2O3S. The Hall–Kier alpha value is -1.40. The summed E-state index contributed by atoms with van der Waals surface area (Å²) in [6.07, 6.45) is 3.84. The Kier molecular flexibility index (Phi) is 4.23. The fraction of sp³-hybridized carbons (Fsp3) is 0.588. The minimum atomic E-state index is -3.54. The summed E-state index contributed by atoms with van der Waals surface area (Å²) >= 11 is 0. The van der Waals surface area contributed by atoms with Crippen molar-refractivity contribution in [2.45, 2.75) is 69.5 Å². The molecule has 5 nitrogen and oxygen atoms in total. The summed E-state index contributed by atoms with van der Waals surface area (Å²) in [5.74, 6) is -0.0662. The molecule has 0 heterocycles. The molecule has 0 spiro atoms. The van der Waals surface area contributed by atoms with Crippen LogP contribution in [0.1, 0.15) is 55.5 Å². The Bertz CT molecular complexity index is 717. The van der Waals surface area contributed by atoms with Gasteiger partial charge in [-0.2, -0.15) is 0 Å². The van der Waals surface area contributed by atoms with Gasteiger partial charge in [0.25, 0.3) is 5.91 Å². The number of aryl methyl sites for hydroxylation is 1. The summed E-state index contributed by atoms with van der Waals surface area (Å²) in [5.41, 5.74) is 1.30. The molecule has 23 heavy (non-hydrogen) atoms. The van der Waals surface area contributed by atoms with Crippen molar-refractivity contribution in [1.82, 2.24) is 9.62 Å². The fourth-order valence-corrected chi connectivity index (χ4v) is 4.13. The smallest absolute Gasteiger partial charge is 0.254 e. The maximum atomic E-state index is 12.9. The van der Waals surface area contributed by atoms with E-state index in [1.54, 1.807) is 12.1 Å². The van der Waals surface area contributed by atoms with Crippen LogP contribution in [0.25, 0.3) is 0 Å². The lowest BCUT2D eigenvalue weighted by Gasteiger charge is -2.27. The molecule has 0 aliphatic heterocycles. The van der Waals surface area contributed by atoms with Crippen molar-refractivity contribution in [3.63, 3.8) is 0 Å². The summed E-state index contributed by atoms with van der Waals surface area (Å²) in [7, 11) is -3.54. The van der Waals surface area contributed by atoms with E-state index in [-0.39, 0.29) is 22.9 Å². The molecule has 6 heteroatoms. The van der Waals surface area contributed by atoms with Crippen LogP contribution < -0.4 is 4.72 Å². The van der Waals surface area contributed by atoms with Gasteiger partial charge in [-0.15, -0.1) is 0 Å². The normalized spacial score (nSPS) is 18.3. The number of amides is 1. The minimum Gasteiger partial charge on any atom is -0.333 e. The van der Waals surface area contributed by atoms with E-state index in [1.807, 2.05) is 25.7 Å². The third kappa shape index (κ3) is 3.58. The average molecular weight is 336 g/mol. The summed E-state index contributed by atoms with van der Waals surface area (Å²) in [4.78, 5) is 15.0. The highest BCUT2D eigenvalue weighted by Gasteiger charge is 2.35. The monoisotopic (exact) mass is 336 g/mol. The third-order valence-electron chi connectivity index (χ3n) is 4.38. The van der Waals surface area contributed by atoms with Crippen LogP contribution in [-0.4, -0.2) is 37.4 Å². The molecule has 2 saturated carbocycles. The number of rotatable bonds is 6. The van der Waals surface area contributed by atoms with Gasteiger partial charge in [-0.1, -0.05) is 6.07 Å². The van der Waals surface area contributed by atoms with Crippen LogP contribution in [0, 0.1) is 6.92 Å². The van der Waals surface area contributed by atoms with Crippen molar-refractivity contribution < 1.29 is 13.2 Å². The van der Waals surface area contributed by atoms with E-state index in [1.165, 1.54) is 6.07 Å². The van der Waals surface area contributed by atoms with Gasteiger partial charge < -0.3 is 4.90 Å². The molecule has 1 N–H and O–H groups in total. The SMILES string of the molecule is Cc1ccc(S(=O)(=O)NC2CC2)cc1C(=O)N(C(C)C)C1CC1. The Morgan fingerprint density at radius 3 is 2.39 bits per heavy atom. The second-order valence-corrected chi connectivity index (χ2v) is 8.62. The molecule has 2 aliphatic rings. The molecule has 1 aromatic carbocycles. The molecule has 0 saturated heterocycles. The Balaban J connectivity index is 1.92. The largest absolute Gasteiger partial charge is 0.333 e. The van der Waals surface area contributed by atoms with Gasteiger partial charge >= 0.3 is 0 Å². The molecule has 0 atom stereocenters. The molecule has 1 amide bonds. The molecule has 0 bridgehead atoms. The average Bonchev–Trinajstić information content (AvgIpc) is 3.34. The van der Waals surface area contributed by atoms with Crippen LogP contribution in [0.5, 0.6) is 0 Å². The molecule has 0 aromatic heterocycles. The number of carbonyl (C=O) groups excluding carboxylic acids is 1. The topological polar surface area (TPSA) is 66.5 Å². The molecule has 0 unspecified atom stereocenters. The highest BCUT2D eigenvalue weighted by molar-refractivity contribution is 7.89. The number of nitrogens with zero attached hydrogens (tertiary/aromatic N) is 1. The highest BCUT2D eigenvalue weighted by atomic mass is 32.2. The third-order valence-corrected chi connectivity index (χ3v) is 5.90. The lowest BCUT2D eigenvalue weighted by Crippen LogP contribution is -2.39. The van der Waals surface area contributed by atoms with Gasteiger partial charge in [0.1, 0.15) is 0 Å². The van der Waals surface area contributed by atoms with Crippen molar-refractivity contribution in [3.05, 3.63) is 29.3 Å². The number of sulfonamides is 1. The van der Waals surface area contributed by atoms with E-state index < -0.39 is 10.0 Å². The van der Waals surface area contributed by atoms with Gasteiger partial charge in [0.05, 0.1) is 4.90 Å². The highest BCUT2D eigenvalue weighted by Crippen LogP contribution is 2.31. The maximum absolute atomic E-state index is 12.9. The molecule has 126 valence electrons. The quantitative estimate of drug-likeness (QED) is 0.868. The molecule has 0 radical (unpaired) electrons. The Labute approximate surface area is 138 Å². The van der Waals surface area contributed by atoms with Crippen LogP contribution in [0.15, 0.2) is 23.1 Å². The maximum Gasteiger partial charge on any atom is 0.254 e. The predicted molar refractivity (Wildman–Crippen MR) is 88.9 cm³/mol. The molecule has 2 fully saturated rings. The molecule has 1 aromatic rings. The van der Waals surface area contributed by atoms with Crippen LogP contribution in [0.2, 0.25) is 0 Å². The first-order valence-corrected chi connectivity index (χ1v) is 9.73. The van der Waals surface area contributed by atoms with Gasteiger partial charge in [-0.05, 0) is 64.2 Å². The zero-order valence-corrected chi connectivity index (χ0v) is 14.7. The summed E-state index contributed by atoms with van der Waals surface area (Å²) in [6, 6.07) is 5.29. The van der Waals surface area contributed by atoms with Gasteiger partial charge in [0, 0.05) is 23.7 Å². The van der Waals surface area contributed by atoms with E-state index >= 15 is 0 Å². The number of hydrogen-bond donors (Lipinski definition) is 1.